The zero-order valence-corrected chi connectivity index (χ0v) is 10.3. The molecule has 0 aliphatic rings. The highest BCUT2D eigenvalue weighted by Crippen LogP contribution is 2.15. The summed E-state index contributed by atoms with van der Waals surface area (Å²) >= 11 is 0.633. The van der Waals surface area contributed by atoms with Crippen LogP contribution in [0.25, 0.3) is 0 Å². The predicted octanol–water partition coefficient (Wildman–Crippen LogP) is -0.394. The highest BCUT2D eigenvalue weighted by atomic mass is 32.2. The van der Waals surface area contributed by atoms with E-state index in [2.05, 4.69) is 24.4 Å². The summed E-state index contributed by atoms with van der Waals surface area (Å²) in [5.41, 5.74) is 0.306. The van der Waals surface area contributed by atoms with E-state index < -0.39 is 14.9 Å². The fourth-order valence-electron chi connectivity index (χ4n) is 1.14. The van der Waals surface area contributed by atoms with E-state index in [1.54, 1.807) is 0 Å². The van der Waals surface area contributed by atoms with Crippen molar-refractivity contribution < 1.29 is 12.9 Å². The first-order valence-electron chi connectivity index (χ1n) is 4.43. The Morgan fingerprint density at radius 3 is 2.88 bits per heavy atom. The normalized spacial score (nSPS) is 11.8. The van der Waals surface area contributed by atoms with Crippen LogP contribution in [0.3, 0.4) is 0 Å². The van der Waals surface area contributed by atoms with Gasteiger partial charge < -0.3 is 9.51 Å². The standard InChI is InChI=1S/C7H8N4O4S2/c1-4-6(16-7(12)10-4)17(13,14)9-2-5-8-3-15-11-5/h3,9H,2H2,1H3,(H,10,12). The number of nitrogens with one attached hydrogen (secondary N) is 2. The van der Waals surface area contributed by atoms with Crippen LogP contribution in [0.15, 0.2) is 19.9 Å². The SMILES string of the molecule is Cc1[nH]c(=O)sc1S(=O)(=O)NCc1ncon1. The van der Waals surface area contributed by atoms with Gasteiger partial charge in [0.15, 0.2) is 10.0 Å². The monoisotopic (exact) mass is 276 g/mol. The van der Waals surface area contributed by atoms with Crippen molar-refractivity contribution in [2.45, 2.75) is 17.7 Å². The lowest BCUT2D eigenvalue weighted by Crippen LogP contribution is -2.23. The quantitative estimate of drug-likeness (QED) is 0.785. The van der Waals surface area contributed by atoms with E-state index in [9.17, 15) is 13.2 Å². The van der Waals surface area contributed by atoms with E-state index in [0.717, 1.165) is 6.39 Å². The fraction of sp³-hybridized carbons (Fsp3) is 0.286. The molecule has 2 N–H and O–H groups in total. The minimum atomic E-state index is -3.73. The van der Waals surface area contributed by atoms with Crippen molar-refractivity contribution in [3.05, 3.63) is 27.6 Å². The lowest BCUT2D eigenvalue weighted by Gasteiger charge is -2.02. The molecule has 0 aliphatic carbocycles. The number of thiazole rings is 1. The summed E-state index contributed by atoms with van der Waals surface area (Å²) < 4.78 is 30.3. The molecule has 10 heteroatoms. The van der Waals surface area contributed by atoms with Crippen molar-refractivity contribution in [2.75, 3.05) is 0 Å². The van der Waals surface area contributed by atoms with Crippen molar-refractivity contribution in [2.24, 2.45) is 0 Å². The molecule has 2 rings (SSSR count). The van der Waals surface area contributed by atoms with E-state index in [-0.39, 0.29) is 16.6 Å². The first-order valence-corrected chi connectivity index (χ1v) is 6.73. The van der Waals surface area contributed by atoms with E-state index in [1.165, 1.54) is 6.92 Å². The van der Waals surface area contributed by atoms with E-state index in [1.807, 2.05) is 0 Å². The van der Waals surface area contributed by atoms with Crippen LogP contribution in [0.1, 0.15) is 11.5 Å². The Balaban J connectivity index is 2.20. The van der Waals surface area contributed by atoms with Gasteiger partial charge in [-0.05, 0) is 6.92 Å². The molecule has 0 spiro atoms. The second-order valence-electron chi connectivity index (χ2n) is 3.10. The average molecular weight is 276 g/mol. The molecule has 0 aliphatic heterocycles. The maximum Gasteiger partial charge on any atom is 0.305 e. The minimum Gasteiger partial charge on any atom is -0.343 e. The molecule has 0 unspecified atom stereocenters. The van der Waals surface area contributed by atoms with Gasteiger partial charge >= 0.3 is 4.87 Å². The Bertz CT molecular complexity index is 654. The summed E-state index contributed by atoms with van der Waals surface area (Å²) in [6.45, 7) is 1.42. The van der Waals surface area contributed by atoms with E-state index in [0.29, 0.717) is 17.0 Å². The molecule has 17 heavy (non-hydrogen) atoms. The smallest absolute Gasteiger partial charge is 0.305 e. The van der Waals surface area contributed by atoms with Gasteiger partial charge in [0.05, 0.1) is 6.54 Å². The Morgan fingerprint density at radius 2 is 2.35 bits per heavy atom. The van der Waals surface area contributed by atoms with Gasteiger partial charge in [-0.2, -0.15) is 4.98 Å². The lowest BCUT2D eigenvalue weighted by molar-refractivity contribution is 0.409. The van der Waals surface area contributed by atoms with Gasteiger partial charge in [-0.15, -0.1) is 0 Å². The van der Waals surface area contributed by atoms with Gasteiger partial charge in [-0.3, -0.25) is 4.79 Å². The first-order chi connectivity index (χ1) is 7.99. The number of H-pyrrole nitrogens is 1. The average Bonchev–Trinajstić information content (AvgIpc) is 2.85. The van der Waals surface area contributed by atoms with Crippen molar-refractivity contribution in [1.29, 1.82) is 0 Å². The van der Waals surface area contributed by atoms with Crippen LogP contribution < -0.4 is 9.60 Å². The van der Waals surface area contributed by atoms with Gasteiger partial charge in [-0.25, -0.2) is 13.1 Å². The second kappa shape index (κ2) is 4.39. The topological polar surface area (TPSA) is 118 Å². The third kappa shape index (κ3) is 2.60. The summed E-state index contributed by atoms with van der Waals surface area (Å²) in [5.74, 6) is 0.217. The molecule has 2 aromatic heterocycles. The molecule has 0 saturated heterocycles. The zero-order valence-electron chi connectivity index (χ0n) is 8.63. The van der Waals surface area contributed by atoms with Gasteiger partial charge in [0.2, 0.25) is 6.39 Å². The number of hydrogen-bond donors (Lipinski definition) is 2. The molecule has 0 atom stereocenters. The number of hydrogen-bond acceptors (Lipinski definition) is 7. The molecule has 0 aromatic carbocycles. The maximum absolute atomic E-state index is 11.8. The van der Waals surface area contributed by atoms with Gasteiger partial charge in [-0.1, -0.05) is 16.5 Å². The molecule has 0 fully saturated rings. The summed E-state index contributed by atoms with van der Waals surface area (Å²) in [6, 6.07) is 0. The Labute approximate surface area is 99.7 Å². The highest BCUT2D eigenvalue weighted by molar-refractivity contribution is 7.91. The van der Waals surface area contributed by atoms with Crippen LogP contribution in [0, 0.1) is 6.92 Å². The van der Waals surface area contributed by atoms with Crippen LogP contribution >= 0.6 is 11.3 Å². The fourth-order valence-corrected chi connectivity index (χ4v) is 3.47. The van der Waals surface area contributed by atoms with Crippen molar-refractivity contribution in [3.63, 3.8) is 0 Å². The van der Waals surface area contributed by atoms with Gasteiger partial charge in [0.25, 0.3) is 10.0 Å². The van der Waals surface area contributed by atoms with E-state index >= 15 is 0 Å². The zero-order chi connectivity index (χ0) is 12.5. The number of aryl methyl sites for hydroxylation is 1. The van der Waals surface area contributed by atoms with Crippen molar-refractivity contribution in [1.82, 2.24) is 19.8 Å². The summed E-state index contributed by atoms with van der Waals surface area (Å²) in [7, 11) is -3.73. The number of sulfonamides is 1. The van der Waals surface area contributed by atoms with Gasteiger partial charge in [0.1, 0.15) is 0 Å². The Kier molecular flexibility index (Phi) is 3.09. The predicted molar refractivity (Wildman–Crippen MR) is 58.0 cm³/mol. The highest BCUT2D eigenvalue weighted by Gasteiger charge is 2.20. The number of aromatic amines is 1. The summed E-state index contributed by atoms with van der Waals surface area (Å²) in [5, 5.41) is 3.46. The third-order valence-electron chi connectivity index (χ3n) is 1.85. The molecule has 92 valence electrons. The van der Waals surface area contributed by atoms with E-state index in [4.69, 9.17) is 0 Å². The molecule has 2 aromatic rings. The minimum absolute atomic E-state index is 0.0361. The lowest BCUT2D eigenvalue weighted by atomic mass is 10.6. The summed E-state index contributed by atoms with van der Waals surface area (Å²) in [4.78, 5) is 16.7. The van der Waals surface area contributed by atoms with Crippen molar-refractivity contribution in [3.8, 4) is 0 Å². The number of nitrogens with zero attached hydrogens (tertiary/aromatic N) is 2. The van der Waals surface area contributed by atoms with Gasteiger partial charge in [0, 0.05) is 5.69 Å². The summed E-state index contributed by atoms with van der Waals surface area (Å²) in [6.07, 6.45) is 1.10. The molecule has 8 nitrogen and oxygen atoms in total. The van der Waals surface area contributed by atoms with Crippen LogP contribution in [0.2, 0.25) is 0 Å². The number of rotatable bonds is 4. The van der Waals surface area contributed by atoms with Crippen LogP contribution in [-0.2, 0) is 16.6 Å². The van der Waals surface area contributed by atoms with Crippen LogP contribution in [0.4, 0.5) is 0 Å². The largest absolute Gasteiger partial charge is 0.343 e. The Morgan fingerprint density at radius 1 is 1.59 bits per heavy atom. The molecule has 0 amide bonds. The molecule has 2 heterocycles. The second-order valence-corrected chi connectivity index (χ2v) is 6.04. The first kappa shape index (κ1) is 12.0. The number of aromatic nitrogens is 3. The molecule has 0 saturated carbocycles. The van der Waals surface area contributed by atoms with Crippen molar-refractivity contribution >= 4 is 21.4 Å². The third-order valence-corrected chi connectivity index (χ3v) is 4.86. The molecular weight excluding hydrogens is 268 g/mol. The molecular formula is C7H8N4O4S2. The van der Waals surface area contributed by atoms with Crippen LogP contribution in [0.5, 0.6) is 0 Å². The Hall–Kier alpha value is -1.52. The molecule has 0 radical (unpaired) electrons. The molecule has 0 bridgehead atoms. The maximum atomic E-state index is 11.8. The van der Waals surface area contributed by atoms with Crippen LogP contribution in [-0.4, -0.2) is 23.5 Å².